The number of alkyl halides is 1. The first-order chi connectivity index (χ1) is 8.52. The van der Waals surface area contributed by atoms with E-state index in [1.165, 1.54) is 4.57 Å². The summed E-state index contributed by atoms with van der Waals surface area (Å²) in [7, 11) is 0. The van der Waals surface area contributed by atoms with Gasteiger partial charge in [0.25, 0.3) is 0 Å². The van der Waals surface area contributed by atoms with Crippen LogP contribution in [0.1, 0.15) is 18.3 Å². The topological polar surface area (TPSA) is 84.6 Å². The van der Waals surface area contributed by atoms with Gasteiger partial charge in [-0.3, -0.25) is 4.57 Å². The molecule has 1 aliphatic heterocycles. The molecule has 7 heteroatoms. The Morgan fingerprint density at radius 1 is 1.72 bits per heavy atom. The summed E-state index contributed by atoms with van der Waals surface area (Å²) < 4.78 is 6.85. The van der Waals surface area contributed by atoms with E-state index in [0.29, 0.717) is 5.69 Å². The fourth-order valence-electron chi connectivity index (χ4n) is 2.00. The lowest BCUT2D eigenvalue weighted by molar-refractivity contribution is -0.114. The molecule has 18 heavy (non-hydrogen) atoms. The van der Waals surface area contributed by atoms with Crippen LogP contribution in [-0.4, -0.2) is 44.0 Å². The van der Waals surface area contributed by atoms with Gasteiger partial charge in [0.05, 0.1) is 18.6 Å². The molecule has 2 N–H and O–H groups in total. The van der Waals surface area contributed by atoms with Crippen LogP contribution in [0.3, 0.4) is 0 Å². The van der Waals surface area contributed by atoms with Crippen LogP contribution in [0.15, 0.2) is 17.1 Å². The number of hydrogen-bond donors (Lipinski definition) is 2. The highest BCUT2D eigenvalue weighted by Gasteiger charge is 2.48. The molecule has 1 aromatic rings. The smallest absolute Gasteiger partial charge is 0.349 e. The normalized spacial score (nSPS) is 31.8. The van der Waals surface area contributed by atoms with Crippen molar-refractivity contribution in [3.05, 3.63) is 28.4 Å². The molecule has 0 bridgehead atoms. The van der Waals surface area contributed by atoms with Gasteiger partial charge in [0.1, 0.15) is 11.8 Å². The maximum Gasteiger partial charge on any atom is 0.349 e. The molecule has 0 saturated carbocycles. The minimum Gasteiger partial charge on any atom is -0.393 e. The Morgan fingerprint density at radius 2 is 2.44 bits per heavy atom. The highest BCUT2D eigenvalue weighted by atomic mass is 35.5. The minimum absolute atomic E-state index is 0.0464. The average molecular weight is 275 g/mol. The third-order valence-corrected chi connectivity index (χ3v) is 3.63. The number of aromatic nitrogens is 2. The molecule has 1 saturated heterocycles. The summed E-state index contributed by atoms with van der Waals surface area (Å²) in [6, 6.07) is 1.68. The van der Waals surface area contributed by atoms with Crippen LogP contribution < -0.4 is 5.69 Å². The maximum atomic E-state index is 11.7. The van der Waals surface area contributed by atoms with E-state index >= 15 is 0 Å². The van der Waals surface area contributed by atoms with E-state index < -0.39 is 30.2 Å². The Labute approximate surface area is 109 Å². The summed E-state index contributed by atoms with van der Waals surface area (Å²) in [6.45, 7) is 1.31. The fraction of sp³-hybridized carbons (Fsp3) is 0.636. The molecule has 1 aliphatic rings. The van der Waals surface area contributed by atoms with Crippen molar-refractivity contribution < 1.29 is 14.9 Å². The van der Waals surface area contributed by atoms with Gasteiger partial charge in [0.2, 0.25) is 0 Å². The molecule has 100 valence electrons. The number of ether oxygens (including phenoxy) is 1. The first kappa shape index (κ1) is 13.5. The van der Waals surface area contributed by atoms with Crippen molar-refractivity contribution >= 4 is 11.6 Å². The van der Waals surface area contributed by atoms with Crippen molar-refractivity contribution in [3.63, 3.8) is 0 Å². The molecule has 1 aromatic heterocycles. The summed E-state index contributed by atoms with van der Waals surface area (Å²) in [4.78, 5) is 15.5. The number of aryl methyl sites for hydroxylation is 1. The lowest BCUT2D eigenvalue weighted by Gasteiger charge is -2.27. The molecule has 0 aliphatic carbocycles. The molecule has 0 aromatic carbocycles. The Kier molecular flexibility index (Phi) is 3.72. The highest BCUT2D eigenvalue weighted by molar-refractivity contribution is 6.18. The van der Waals surface area contributed by atoms with Crippen LogP contribution in [0.2, 0.25) is 0 Å². The Morgan fingerprint density at radius 3 is 2.94 bits per heavy atom. The molecule has 6 nitrogen and oxygen atoms in total. The Hall–Kier alpha value is -0.950. The monoisotopic (exact) mass is 274 g/mol. The second-order valence-electron chi connectivity index (χ2n) is 4.44. The lowest BCUT2D eigenvalue weighted by Crippen LogP contribution is -2.45. The van der Waals surface area contributed by atoms with Gasteiger partial charge in [-0.05, 0) is 13.0 Å². The minimum atomic E-state index is -1.21. The Bertz CT molecular complexity index is 486. The van der Waals surface area contributed by atoms with Crippen LogP contribution in [0, 0.1) is 6.92 Å². The van der Waals surface area contributed by atoms with Crippen molar-refractivity contribution in [2.75, 3.05) is 12.5 Å². The summed E-state index contributed by atoms with van der Waals surface area (Å²) in [5, 5.41) is 19.2. The molecule has 1 fully saturated rings. The molecule has 2 rings (SSSR count). The van der Waals surface area contributed by atoms with Gasteiger partial charge in [-0.2, -0.15) is 4.98 Å². The quantitative estimate of drug-likeness (QED) is 0.746. The molecular formula is C11H15ClN2O4. The van der Waals surface area contributed by atoms with E-state index in [-0.39, 0.29) is 12.3 Å². The van der Waals surface area contributed by atoms with Crippen molar-refractivity contribution in [3.8, 4) is 0 Å². The number of rotatable bonds is 3. The van der Waals surface area contributed by atoms with Gasteiger partial charge in [-0.1, -0.05) is 0 Å². The largest absolute Gasteiger partial charge is 0.393 e. The van der Waals surface area contributed by atoms with Gasteiger partial charge >= 0.3 is 5.69 Å². The molecular weight excluding hydrogens is 260 g/mol. The molecule has 2 heterocycles. The Balaban J connectivity index is 2.30. The lowest BCUT2D eigenvalue weighted by atomic mass is 10.0. The molecule has 3 atom stereocenters. The van der Waals surface area contributed by atoms with Crippen molar-refractivity contribution in [1.29, 1.82) is 0 Å². The summed E-state index contributed by atoms with van der Waals surface area (Å²) in [5.41, 5.74) is -1.05. The SMILES string of the molecule is Cc1ccn([C@H]2C[C@H](O)[C@](CO)(CCl)O2)c(=O)n1. The maximum absolute atomic E-state index is 11.7. The number of halogens is 1. The van der Waals surface area contributed by atoms with Gasteiger partial charge in [0.15, 0.2) is 0 Å². The molecule has 0 unspecified atom stereocenters. The van der Waals surface area contributed by atoms with E-state index in [2.05, 4.69) is 4.98 Å². The average Bonchev–Trinajstić information content (AvgIpc) is 2.67. The van der Waals surface area contributed by atoms with Crippen molar-refractivity contribution in [2.24, 2.45) is 0 Å². The summed E-state index contributed by atoms with van der Waals surface area (Å²) in [6.07, 6.45) is 0.173. The predicted octanol–water partition coefficient (Wildman–Crippen LogP) is -0.199. The van der Waals surface area contributed by atoms with Gasteiger partial charge in [0, 0.05) is 18.3 Å². The van der Waals surface area contributed by atoms with Crippen LogP contribution in [0.25, 0.3) is 0 Å². The molecule has 0 spiro atoms. The van der Waals surface area contributed by atoms with Gasteiger partial charge in [-0.15, -0.1) is 11.6 Å². The third-order valence-electron chi connectivity index (χ3n) is 3.18. The number of hydrogen-bond acceptors (Lipinski definition) is 5. The third kappa shape index (κ3) is 2.16. The van der Waals surface area contributed by atoms with E-state index in [9.17, 15) is 15.0 Å². The van der Waals surface area contributed by atoms with Gasteiger partial charge < -0.3 is 14.9 Å². The van der Waals surface area contributed by atoms with Crippen molar-refractivity contribution in [1.82, 2.24) is 9.55 Å². The zero-order valence-corrected chi connectivity index (χ0v) is 10.7. The van der Waals surface area contributed by atoms with Crippen LogP contribution >= 0.6 is 11.6 Å². The molecule has 0 radical (unpaired) electrons. The number of aliphatic hydroxyl groups excluding tert-OH is 2. The summed E-state index contributed by atoms with van der Waals surface area (Å²) in [5.74, 6) is -0.0464. The molecule has 0 amide bonds. The second kappa shape index (κ2) is 4.97. The highest BCUT2D eigenvalue weighted by Crippen LogP contribution is 2.36. The van der Waals surface area contributed by atoms with E-state index in [1.807, 2.05) is 0 Å². The number of aliphatic hydroxyl groups is 2. The van der Waals surface area contributed by atoms with Gasteiger partial charge in [-0.25, -0.2) is 4.79 Å². The van der Waals surface area contributed by atoms with Crippen molar-refractivity contribution in [2.45, 2.75) is 31.3 Å². The standard InChI is InChI=1S/C11H15ClN2O4/c1-7-2-3-14(10(17)13-7)9-4-8(16)11(5-12,6-15)18-9/h2-3,8-9,15-16H,4-6H2,1H3/t8-,9+,11+/m0/s1. The van der Waals surface area contributed by atoms with Crippen LogP contribution in [0.4, 0.5) is 0 Å². The summed E-state index contributed by atoms with van der Waals surface area (Å²) >= 11 is 5.73. The fourth-order valence-corrected chi connectivity index (χ4v) is 2.32. The predicted molar refractivity (Wildman–Crippen MR) is 64.5 cm³/mol. The number of nitrogens with zero attached hydrogens (tertiary/aromatic N) is 2. The zero-order chi connectivity index (χ0) is 13.3. The second-order valence-corrected chi connectivity index (χ2v) is 4.71. The van der Waals surface area contributed by atoms with E-state index in [1.54, 1.807) is 19.2 Å². The van der Waals surface area contributed by atoms with Crippen LogP contribution in [0.5, 0.6) is 0 Å². The van der Waals surface area contributed by atoms with Crippen LogP contribution in [-0.2, 0) is 4.74 Å². The zero-order valence-electron chi connectivity index (χ0n) is 9.91. The first-order valence-electron chi connectivity index (χ1n) is 5.61. The van der Waals surface area contributed by atoms with E-state index in [4.69, 9.17) is 16.3 Å². The van der Waals surface area contributed by atoms with E-state index in [0.717, 1.165) is 0 Å². The first-order valence-corrected chi connectivity index (χ1v) is 6.14.